The molecule has 0 fully saturated rings. The van der Waals surface area contributed by atoms with Crippen LogP contribution in [0, 0.1) is 5.82 Å². The van der Waals surface area contributed by atoms with Crippen LogP contribution in [-0.2, 0) is 13.2 Å². The number of benzene rings is 2. The Morgan fingerprint density at radius 1 is 1.10 bits per heavy atom. The Kier molecular flexibility index (Phi) is 6.10. The van der Waals surface area contributed by atoms with Crippen molar-refractivity contribution in [3.63, 3.8) is 0 Å². The Bertz CT molecular complexity index is 1150. The lowest BCUT2D eigenvalue weighted by Crippen LogP contribution is -2.23. The van der Waals surface area contributed by atoms with E-state index in [0.29, 0.717) is 28.6 Å². The quantitative estimate of drug-likeness (QED) is 0.465. The molecule has 2 aromatic carbocycles. The van der Waals surface area contributed by atoms with Gasteiger partial charge in [-0.1, -0.05) is 36.4 Å². The molecule has 1 amide bonds. The predicted octanol–water partition coefficient (Wildman–Crippen LogP) is 4.85. The van der Waals surface area contributed by atoms with Gasteiger partial charge in [0.1, 0.15) is 28.9 Å². The summed E-state index contributed by atoms with van der Waals surface area (Å²) in [5, 5.41) is 5.27. The summed E-state index contributed by atoms with van der Waals surface area (Å²) in [5.41, 5.74) is 2.60. The maximum Gasteiger partial charge on any atom is 0.271 e. The third kappa shape index (κ3) is 4.87. The molecule has 4 aromatic rings. The van der Waals surface area contributed by atoms with Crippen molar-refractivity contribution in [1.82, 2.24) is 15.3 Å². The largest absolute Gasteiger partial charge is 0.489 e. The van der Waals surface area contributed by atoms with Crippen LogP contribution in [0.3, 0.4) is 0 Å². The van der Waals surface area contributed by atoms with E-state index in [-0.39, 0.29) is 18.3 Å². The van der Waals surface area contributed by atoms with Gasteiger partial charge in [-0.25, -0.2) is 9.37 Å². The molecule has 150 valence electrons. The summed E-state index contributed by atoms with van der Waals surface area (Å²) in [4.78, 5) is 20.8. The smallest absolute Gasteiger partial charge is 0.271 e. The van der Waals surface area contributed by atoms with Gasteiger partial charge in [0.05, 0.1) is 0 Å². The van der Waals surface area contributed by atoms with Crippen molar-refractivity contribution in [2.24, 2.45) is 0 Å². The van der Waals surface area contributed by atoms with E-state index in [1.54, 1.807) is 42.0 Å². The molecule has 4 rings (SSSR count). The molecule has 0 saturated carbocycles. The molecule has 0 unspecified atom stereocenters. The van der Waals surface area contributed by atoms with Gasteiger partial charge in [-0.2, -0.15) is 0 Å². The van der Waals surface area contributed by atoms with Gasteiger partial charge >= 0.3 is 0 Å². The van der Waals surface area contributed by atoms with Crippen LogP contribution in [0.2, 0.25) is 0 Å². The molecule has 0 aliphatic rings. The van der Waals surface area contributed by atoms with Gasteiger partial charge < -0.3 is 10.1 Å². The highest BCUT2D eigenvalue weighted by Gasteiger charge is 2.12. The van der Waals surface area contributed by atoms with E-state index >= 15 is 0 Å². The number of halogens is 1. The van der Waals surface area contributed by atoms with Crippen LogP contribution in [0.15, 0.2) is 78.4 Å². The first-order chi connectivity index (χ1) is 14.7. The Labute approximate surface area is 177 Å². The van der Waals surface area contributed by atoms with E-state index in [4.69, 9.17) is 4.74 Å². The molecule has 2 heterocycles. The average molecular weight is 419 g/mol. The van der Waals surface area contributed by atoms with Gasteiger partial charge in [0.15, 0.2) is 0 Å². The predicted molar refractivity (Wildman–Crippen MR) is 114 cm³/mol. The SMILES string of the molecule is O=C(NCc1cccnc1)c1csc(-c2cccc(OCc3ccccc3F)c2)n1. The molecular formula is C23H18FN3O2S. The number of nitrogens with one attached hydrogen (secondary N) is 1. The zero-order chi connectivity index (χ0) is 20.8. The second-order valence-corrected chi connectivity index (χ2v) is 7.35. The number of amides is 1. The molecule has 7 heteroatoms. The molecule has 0 aliphatic carbocycles. The highest BCUT2D eigenvalue weighted by molar-refractivity contribution is 7.13. The van der Waals surface area contributed by atoms with E-state index in [9.17, 15) is 9.18 Å². The van der Waals surface area contributed by atoms with Crippen molar-refractivity contribution in [3.05, 3.63) is 101 Å². The van der Waals surface area contributed by atoms with Crippen LogP contribution in [0.4, 0.5) is 4.39 Å². The van der Waals surface area contributed by atoms with Crippen LogP contribution >= 0.6 is 11.3 Å². The molecule has 1 N–H and O–H groups in total. The first-order valence-electron chi connectivity index (χ1n) is 9.28. The monoisotopic (exact) mass is 419 g/mol. The van der Waals surface area contributed by atoms with E-state index in [2.05, 4.69) is 15.3 Å². The topological polar surface area (TPSA) is 64.1 Å². The molecule has 0 radical (unpaired) electrons. The lowest BCUT2D eigenvalue weighted by molar-refractivity contribution is 0.0946. The highest BCUT2D eigenvalue weighted by Crippen LogP contribution is 2.27. The Balaban J connectivity index is 1.41. The molecular weight excluding hydrogens is 401 g/mol. The fourth-order valence-corrected chi connectivity index (χ4v) is 3.58. The third-order valence-corrected chi connectivity index (χ3v) is 5.24. The van der Waals surface area contributed by atoms with E-state index < -0.39 is 0 Å². The van der Waals surface area contributed by atoms with Gasteiger partial charge in [-0.15, -0.1) is 11.3 Å². The summed E-state index contributed by atoms with van der Waals surface area (Å²) in [6.45, 7) is 0.523. The van der Waals surface area contributed by atoms with Crippen molar-refractivity contribution >= 4 is 17.2 Å². The zero-order valence-electron chi connectivity index (χ0n) is 15.9. The third-order valence-electron chi connectivity index (χ3n) is 4.35. The highest BCUT2D eigenvalue weighted by atomic mass is 32.1. The first-order valence-corrected chi connectivity index (χ1v) is 10.2. The first kappa shape index (κ1) is 19.7. The van der Waals surface area contributed by atoms with Gasteiger partial charge in [-0.05, 0) is 29.8 Å². The summed E-state index contributed by atoms with van der Waals surface area (Å²) in [5.74, 6) is 0.0670. The Morgan fingerprint density at radius 3 is 2.83 bits per heavy atom. The second kappa shape index (κ2) is 9.28. The summed E-state index contributed by atoms with van der Waals surface area (Å²) in [6, 6.07) is 17.6. The maximum atomic E-state index is 13.8. The minimum atomic E-state index is -0.296. The van der Waals surface area contributed by atoms with Crippen molar-refractivity contribution in [1.29, 1.82) is 0 Å². The number of hydrogen-bond donors (Lipinski definition) is 1. The number of pyridine rings is 1. The Morgan fingerprint density at radius 2 is 2.00 bits per heavy atom. The Hall–Kier alpha value is -3.58. The summed E-state index contributed by atoms with van der Waals surface area (Å²) in [7, 11) is 0. The number of carbonyl (C=O) groups is 1. The molecule has 5 nitrogen and oxygen atoms in total. The maximum absolute atomic E-state index is 13.8. The van der Waals surface area contributed by atoms with Gasteiger partial charge in [0.25, 0.3) is 5.91 Å². The normalized spacial score (nSPS) is 10.6. The molecule has 2 aromatic heterocycles. The van der Waals surface area contributed by atoms with Gasteiger partial charge in [0, 0.05) is 35.4 Å². The number of aromatic nitrogens is 2. The van der Waals surface area contributed by atoms with Crippen LogP contribution in [0.5, 0.6) is 5.75 Å². The number of nitrogens with zero attached hydrogens (tertiary/aromatic N) is 2. The number of rotatable bonds is 7. The number of carbonyl (C=O) groups excluding carboxylic acids is 1. The van der Waals surface area contributed by atoms with Crippen molar-refractivity contribution in [2.75, 3.05) is 0 Å². The molecule has 0 saturated heterocycles. The number of hydrogen-bond acceptors (Lipinski definition) is 5. The lowest BCUT2D eigenvalue weighted by Gasteiger charge is -2.08. The molecule has 30 heavy (non-hydrogen) atoms. The fourth-order valence-electron chi connectivity index (χ4n) is 2.78. The minimum absolute atomic E-state index is 0.135. The fraction of sp³-hybridized carbons (Fsp3) is 0.0870. The van der Waals surface area contributed by atoms with E-state index in [1.807, 2.05) is 30.3 Å². The summed E-state index contributed by atoms with van der Waals surface area (Å²) in [6.07, 6.45) is 3.39. The standard InChI is InChI=1S/C23H18FN3O2S/c24-20-9-2-1-6-18(20)14-29-19-8-3-7-17(11-19)23-27-21(15-30-23)22(28)26-13-16-5-4-10-25-12-16/h1-12,15H,13-14H2,(H,26,28). The van der Waals surface area contributed by atoms with Crippen molar-refractivity contribution in [3.8, 4) is 16.3 Å². The van der Waals surface area contributed by atoms with Crippen LogP contribution in [0.1, 0.15) is 21.6 Å². The van der Waals surface area contributed by atoms with Crippen molar-refractivity contribution < 1.29 is 13.9 Å². The second-order valence-electron chi connectivity index (χ2n) is 6.49. The van der Waals surface area contributed by atoms with Gasteiger partial charge in [0.2, 0.25) is 0 Å². The summed E-state index contributed by atoms with van der Waals surface area (Å²) < 4.78 is 19.5. The van der Waals surface area contributed by atoms with Crippen LogP contribution in [0.25, 0.3) is 10.6 Å². The number of thiazole rings is 1. The molecule has 0 atom stereocenters. The minimum Gasteiger partial charge on any atom is -0.489 e. The van der Waals surface area contributed by atoms with Crippen LogP contribution in [-0.4, -0.2) is 15.9 Å². The van der Waals surface area contributed by atoms with Crippen LogP contribution < -0.4 is 10.1 Å². The molecule has 0 bridgehead atoms. The summed E-state index contributed by atoms with van der Waals surface area (Å²) >= 11 is 1.38. The van der Waals surface area contributed by atoms with E-state index in [0.717, 1.165) is 11.1 Å². The lowest BCUT2D eigenvalue weighted by atomic mass is 10.2. The zero-order valence-corrected chi connectivity index (χ0v) is 16.7. The van der Waals surface area contributed by atoms with Crippen molar-refractivity contribution in [2.45, 2.75) is 13.2 Å². The molecule has 0 aliphatic heterocycles. The average Bonchev–Trinajstić information content (AvgIpc) is 3.28. The number of ether oxygens (including phenoxy) is 1. The van der Waals surface area contributed by atoms with Gasteiger partial charge in [-0.3, -0.25) is 9.78 Å². The van der Waals surface area contributed by atoms with E-state index in [1.165, 1.54) is 17.4 Å². The molecule has 0 spiro atoms.